The van der Waals surface area contributed by atoms with Crippen LogP contribution in [-0.2, 0) is 4.79 Å². The number of hydrogen-bond acceptors (Lipinski definition) is 5. The molecular formula is C12H11N3O2S. The van der Waals surface area contributed by atoms with Crippen molar-refractivity contribution in [2.45, 2.75) is 5.50 Å². The summed E-state index contributed by atoms with van der Waals surface area (Å²) < 4.78 is 5.22. The van der Waals surface area contributed by atoms with Crippen LogP contribution < -0.4 is 5.32 Å². The molecular weight excluding hydrogens is 250 g/mol. The third kappa shape index (κ3) is 1.74. The van der Waals surface area contributed by atoms with Gasteiger partial charge in [0.2, 0.25) is 0 Å². The standard InChI is InChI=1S/C12H11N3O2S/c1-15-11(16)9(14-12(15)18)4-7-2-3-8-10(5-7)17-6-13-8/h2-6,12,14,18H,1H3/b9-4-. The predicted molar refractivity (Wildman–Crippen MR) is 70.7 cm³/mol. The van der Waals surface area contributed by atoms with E-state index in [-0.39, 0.29) is 11.4 Å². The molecule has 2 heterocycles. The number of thiol groups is 1. The molecule has 1 N–H and O–H groups in total. The number of amides is 1. The minimum Gasteiger partial charge on any atom is -0.443 e. The van der Waals surface area contributed by atoms with E-state index in [9.17, 15) is 4.79 Å². The molecule has 1 fully saturated rings. The number of aromatic nitrogens is 1. The highest BCUT2D eigenvalue weighted by Gasteiger charge is 2.28. The maximum atomic E-state index is 11.8. The molecule has 0 radical (unpaired) electrons. The van der Waals surface area contributed by atoms with Crippen molar-refractivity contribution in [3.63, 3.8) is 0 Å². The van der Waals surface area contributed by atoms with Crippen molar-refractivity contribution >= 4 is 35.7 Å². The van der Waals surface area contributed by atoms with Crippen molar-refractivity contribution in [3.05, 3.63) is 35.9 Å². The lowest BCUT2D eigenvalue weighted by Gasteiger charge is -2.11. The Kier molecular flexibility index (Phi) is 2.52. The maximum absolute atomic E-state index is 11.8. The van der Waals surface area contributed by atoms with E-state index in [1.165, 1.54) is 11.3 Å². The molecule has 0 saturated carbocycles. The maximum Gasteiger partial charge on any atom is 0.272 e. The van der Waals surface area contributed by atoms with E-state index in [0.717, 1.165) is 11.1 Å². The zero-order valence-electron chi connectivity index (χ0n) is 9.62. The summed E-state index contributed by atoms with van der Waals surface area (Å²) in [5.41, 5.74) is 2.62. The van der Waals surface area contributed by atoms with Gasteiger partial charge in [-0.15, -0.1) is 12.6 Å². The Balaban J connectivity index is 1.98. The van der Waals surface area contributed by atoms with Gasteiger partial charge in [-0.2, -0.15) is 0 Å². The second-order valence-corrected chi connectivity index (χ2v) is 4.56. The Morgan fingerprint density at radius 2 is 2.39 bits per heavy atom. The molecule has 3 rings (SSSR count). The minimum absolute atomic E-state index is 0.0762. The van der Waals surface area contributed by atoms with E-state index < -0.39 is 0 Å². The molecule has 1 aliphatic heterocycles. The normalized spacial score (nSPS) is 21.9. The average Bonchev–Trinajstić information content (AvgIpc) is 2.91. The van der Waals surface area contributed by atoms with Gasteiger partial charge in [0.25, 0.3) is 5.91 Å². The Labute approximate surface area is 109 Å². The number of carbonyl (C=O) groups excluding carboxylic acids is 1. The average molecular weight is 261 g/mol. The van der Waals surface area contributed by atoms with Crippen LogP contribution in [0.1, 0.15) is 5.56 Å². The molecule has 2 aromatic rings. The number of hydrogen-bond donors (Lipinski definition) is 2. The Bertz CT molecular complexity index is 650. The molecule has 1 aromatic carbocycles. The molecule has 5 nitrogen and oxygen atoms in total. The summed E-state index contributed by atoms with van der Waals surface area (Å²) in [7, 11) is 1.70. The van der Waals surface area contributed by atoms with Crippen LogP contribution in [0.25, 0.3) is 17.2 Å². The fourth-order valence-electron chi connectivity index (χ4n) is 1.83. The van der Waals surface area contributed by atoms with Crippen molar-refractivity contribution in [3.8, 4) is 0 Å². The van der Waals surface area contributed by atoms with E-state index in [2.05, 4.69) is 22.9 Å². The van der Waals surface area contributed by atoms with Crippen molar-refractivity contribution < 1.29 is 9.21 Å². The van der Waals surface area contributed by atoms with Crippen LogP contribution in [0, 0.1) is 0 Å². The number of likely N-dealkylation sites (N-methyl/N-ethyl adjacent to an activating group) is 1. The summed E-state index contributed by atoms with van der Waals surface area (Å²) in [6.45, 7) is 0. The fourth-order valence-corrected chi connectivity index (χ4v) is 2.07. The van der Waals surface area contributed by atoms with Crippen LogP contribution in [0.15, 0.2) is 34.7 Å². The molecule has 1 aliphatic rings. The molecule has 1 saturated heterocycles. The van der Waals surface area contributed by atoms with Gasteiger partial charge in [0.15, 0.2) is 12.0 Å². The largest absolute Gasteiger partial charge is 0.443 e. The third-order valence-corrected chi connectivity index (χ3v) is 3.34. The highest BCUT2D eigenvalue weighted by molar-refractivity contribution is 7.80. The first kappa shape index (κ1) is 11.2. The SMILES string of the molecule is CN1C(=O)/C(=C/c2ccc3ncoc3c2)NC1S. The van der Waals surface area contributed by atoms with Gasteiger partial charge in [-0.3, -0.25) is 4.79 Å². The Morgan fingerprint density at radius 1 is 1.56 bits per heavy atom. The number of fused-ring (bicyclic) bond motifs is 1. The molecule has 1 atom stereocenters. The van der Waals surface area contributed by atoms with E-state index >= 15 is 0 Å². The number of carbonyl (C=O) groups is 1. The monoisotopic (exact) mass is 261 g/mol. The first-order valence-corrected chi connectivity index (χ1v) is 5.93. The van der Waals surface area contributed by atoms with Gasteiger partial charge in [-0.05, 0) is 23.8 Å². The Hall–Kier alpha value is -1.95. The molecule has 1 aromatic heterocycles. The van der Waals surface area contributed by atoms with Gasteiger partial charge in [0.05, 0.1) is 0 Å². The highest BCUT2D eigenvalue weighted by Crippen LogP contribution is 2.19. The quantitative estimate of drug-likeness (QED) is 0.602. The lowest BCUT2D eigenvalue weighted by molar-refractivity contribution is -0.123. The summed E-state index contributed by atoms with van der Waals surface area (Å²) in [6.07, 6.45) is 3.18. The first-order valence-electron chi connectivity index (χ1n) is 5.42. The van der Waals surface area contributed by atoms with Crippen molar-refractivity contribution in [1.82, 2.24) is 15.2 Å². The van der Waals surface area contributed by atoms with Crippen LogP contribution in [0.5, 0.6) is 0 Å². The van der Waals surface area contributed by atoms with Gasteiger partial charge in [-0.25, -0.2) is 4.98 Å². The third-order valence-electron chi connectivity index (χ3n) is 2.87. The van der Waals surface area contributed by atoms with Crippen LogP contribution >= 0.6 is 12.6 Å². The summed E-state index contributed by atoms with van der Waals surface area (Å²) >= 11 is 4.25. The minimum atomic E-state index is -0.280. The highest BCUT2D eigenvalue weighted by atomic mass is 32.1. The van der Waals surface area contributed by atoms with Gasteiger partial charge >= 0.3 is 0 Å². The van der Waals surface area contributed by atoms with Gasteiger partial charge in [0.1, 0.15) is 16.7 Å². The molecule has 0 bridgehead atoms. The second-order valence-electron chi connectivity index (χ2n) is 4.07. The summed E-state index contributed by atoms with van der Waals surface area (Å²) in [5, 5.41) is 3.00. The molecule has 18 heavy (non-hydrogen) atoms. The predicted octanol–water partition coefficient (Wildman–Crippen LogP) is 1.44. The van der Waals surface area contributed by atoms with Gasteiger partial charge < -0.3 is 14.6 Å². The van der Waals surface area contributed by atoms with Crippen LogP contribution in [0.4, 0.5) is 0 Å². The lowest BCUT2D eigenvalue weighted by Crippen LogP contribution is -2.28. The molecule has 1 amide bonds. The van der Waals surface area contributed by atoms with E-state index in [4.69, 9.17) is 4.42 Å². The lowest BCUT2D eigenvalue weighted by atomic mass is 10.1. The Morgan fingerprint density at radius 3 is 3.11 bits per heavy atom. The van der Waals surface area contributed by atoms with E-state index in [1.807, 2.05) is 18.2 Å². The number of benzene rings is 1. The number of nitrogens with one attached hydrogen (secondary N) is 1. The topological polar surface area (TPSA) is 58.4 Å². The zero-order chi connectivity index (χ0) is 12.7. The second kappa shape index (κ2) is 4.06. The summed E-state index contributed by atoms with van der Waals surface area (Å²) in [5.74, 6) is -0.0762. The number of rotatable bonds is 1. The van der Waals surface area contributed by atoms with Crippen molar-refractivity contribution in [2.24, 2.45) is 0 Å². The van der Waals surface area contributed by atoms with Crippen molar-refractivity contribution in [2.75, 3.05) is 7.05 Å². The number of oxazole rings is 1. The summed E-state index contributed by atoms with van der Waals surface area (Å²) in [6, 6.07) is 5.58. The molecule has 1 unspecified atom stereocenters. The molecule has 6 heteroatoms. The van der Waals surface area contributed by atoms with E-state index in [1.54, 1.807) is 13.1 Å². The van der Waals surface area contributed by atoms with E-state index in [0.29, 0.717) is 11.3 Å². The van der Waals surface area contributed by atoms with Crippen LogP contribution in [0.3, 0.4) is 0 Å². The van der Waals surface area contributed by atoms with Gasteiger partial charge in [-0.1, -0.05) is 6.07 Å². The smallest absolute Gasteiger partial charge is 0.272 e. The van der Waals surface area contributed by atoms with Crippen molar-refractivity contribution in [1.29, 1.82) is 0 Å². The zero-order valence-corrected chi connectivity index (χ0v) is 10.5. The van der Waals surface area contributed by atoms with Crippen LogP contribution in [0.2, 0.25) is 0 Å². The summed E-state index contributed by atoms with van der Waals surface area (Å²) in [4.78, 5) is 17.4. The molecule has 92 valence electrons. The molecule has 0 aliphatic carbocycles. The van der Waals surface area contributed by atoms with Crippen LogP contribution in [-0.4, -0.2) is 28.3 Å². The number of nitrogens with zero attached hydrogens (tertiary/aromatic N) is 2. The van der Waals surface area contributed by atoms with Gasteiger partial charge in [0, 0.05) is 7.05 Å². The first-order chi connectivity index (χ1) is 8.65. The fraction of sp³-hybridized carbons (Fsp3) is 0.167. The molecule has 0 spiro atoms.